The smallest absolute Gasteiger partial charge is 0.225 e. The van der Waals surface area contributed by atoms with E-state index >= 15 is 0 Å². The van der Waals surface area contributed by atoms with Crippen molar-refractivity contribution in [3.8, 4) is 5.75 Å². The van der Waals surface area contributed by atoms with E-state index in [9.17, 15) is 9.18 Å². The van der Waals surface area contributed by atoms with Gasteiger partial charge in [-0.3, -0.25) is 9.69 Å². The quantitative estimate of drug-likeness (QED) is 0.639. The van der Waals surface area contributed by atoms with Crippen molar-refractivity contribution in [1.82, 2.24) is 10.2 Å². The first-order valence-corrected chi connectivity index (χ1v) is 11.3. The van der Waals surface area contributed by atoms with Crippen LogP contribution >= 0.6 is 0 Å². The minimum absolute atomic E-state index is 0.0752. The molecule has 0 radical (unpaired) electrons. The largest absolute Gasteiger partial charge is 0.497 e. The van der Waals surface area contributed by atoms with E-state index in [0.29, 0.717) is 19.6 Å². The van der Waals surface area contributed by atoms with Gasteiger partial charge >= 0.3 is 0 Å². The lowest BCUT2D eigenvalue weighted by Gasteiger charge is -2.49. The molecular formula is C25H32FN3O3. The molecule has 0 aliphatic carbocycles. The number of carbonyl (C=O) groups excluding carboxylic acids is 1. The summed E-state index contributed by atoms with van der Waals surface area (Å²) >= 11 is 0. The Labute approximate surface area is 189 Å². The zero-order valence-corrected chi connectivity index (χ0v) is 18.9. The van der Waals surface area contributed by atoms with E-state index in [-0.39, 0.29) is 23.7 Å². The predicted octanol–water partition coefficient (Wildman–Crippen LogP) is 2.85. The summed E-state index contributed by atoms with van der Waals surface area (Å²) in [6.45, 7) is 4.49. The molecule has 1 amide bonds. The highest BCUT2D eigenvalue weighted by Crippen LogP contribution is 2.38. The van der Waals surface area contributed by atoms with Crippen LogP contribution in [0.2, 0.25) is 0 Å². The van der Waals surface area contributed by atoms with Crippen molar-refractivity contribution < 1.29 is 18.7 Å². The molecule has 1 saturated heterocycles. The molecule has 2 atom stereocenters. The highest BCUT2D eigenvalue weighted by atomic mass is 19.1. The molecule has 2 aromatic carbocycles. The van der Waals surface area contributed by atoms with Gasteiger partial charge in [-0.2, -0.15) is 0 Å². The Morgan fingerprint density at radius 3 is 2.72 bits per heavy atom. The van der Waals surface area contributed by atoms with Crippen molar-refractivity contribution in [1.29, 1.82) is 0 Å². The van der Waals surface area contributed by atoms with Gasteiger partial charge in [0, 0.05) is 58.2 Å². The predicted molar refractivity (Wildman–Crippen MR) is 123 cm³/mol. The van der Waals surface area contributed by atoms with E-state index in [1.807, 2.05) is 18.2 Å². The molecule has 0 bridgehead atoms. The van der Waals surface area contributed by atoms with Crippen LogP contribution in [0.25, 0.3) is 0 Å². The molecule has 0 unspecified atom stereocenters. The third-order valence-electron chi connectivity index (χ3n) is 6.49. The Hall–Kier alpha value is -2.64. The number of anilines is 1. The topological polar surface area (TPSA) is 54.0 Å². The van der Waals surface area contributed by atoms with E-state index < -0.39 is 0 Å². The van der Waals surface area contributed by atoms with Gasteiger partial charge in [-0.1, -0.05) is 18.2 Å². The van der Waals surface area contributed by atoms with E-state index in [4.69, 9.17) is 9.47 Å². The normalized spacial score (nSPS) is 20.4. The summed E-state index contributed by atoms with van der Waals surface area (Å²) in [6.07, 6.45) is 1.51. The highest BCUT2D eigenvalue weighted by molar-refractivity contribution is 5.82. The van der Waals surface area contributed by atoms with Crippen LogP contribution in [0.5, 0.6) is 5.75 Å². The molecule has 172 valence electrons. The highest BCUT2D eigenvalue weighted by Gasteiger charge is 2.41. The number of methoxy groups -OCH3 is 2. The van der Waals surface area contributed by atoms with Crippen LogP contribution in [0.3, 0.4) is 0 Å². The molecule has 6 nitrogen and oxygen atoms in total. The van der Waals surface area contributed by atoms with Gasteiger partial charge in [-0.15, -0.1) is 0 Å². The van der Waals surface area contributed by atoms with Crippen molar-refractivity contribution in [3.05, 3.63) is 59.4 Å². The Morgan fingerprint density at radius 1 is 1.16 bits per heavy atom. The number of ether oxygens (including phenoxy) is 2. The van der Waals surface area contributed by atoms with E-state index in [1.165, 1.54) is 23.4 Å². The second kappa shape index (κ2) is 10.3. The maximum Gasteiger partial charge on any atom is 0.225 e. The summed E-state index contributed by atoms with van der Waals surface area (Å²) in [4.78, 5) is 17.9. The molecule has 1 N–H and O–H groups in total. The molecule has 2 aliphatic heterocycles. The second-order valence-corrected chi connectivity index (χ2v) is 8.56. The number of nitrogens with one attached hydrogen (secondary N) is 1. The van der Waals surface area contributed by atoms with Gasteiger partial charge in [0.25, 0.3) is 0 Å². The number of amides is 1. The maximum atomic E-state index is 13.3. The summed E-state index contributed by atoms with van der Waals surface area (Å²) in [5, 5.41) is 3.11. The number of halogens is 1. The fourth-order valence-electron chi connectivity index (χ4n) is 4.81. The van der Waals surface area contributed by atoms with Gasteiger partial charge in [0.15, 0.2) is 0 Å². The Kier molecular flexibility index (Phi) is 7.27. The number of nitrogens with zero attached hydrogens (tertiary/aromatic N) is 2. The van der Waals surface area contributed by atoms with Crippen molar-refractivity contribution in [3.63, 3.8) is 0 Å². The summed E-state index contributed by atoms with van der Waals surface area (Å²) in [5.74, 6) is 0.580. The average Bonchev–Trinajstić information content (AvgIpc) is 2.82. The third kappa shape index (κ3) is 5.05. The summed E-state index contributed by atoms with van der Waals surface area (Å²) < 4.78 is 23.9. The van der Waals surface area contributed by atoms with Crippen LogP contribution in [0.1, 0.15) is 17.5 Å². The monoisotopic (exact) mass is 441 g/mol. The van der Waals surface area contributed by atoms with Crippen LogP contribution < -0.4 is 15.0 Å². The molecule has 32 heavy (non-hydrogen) atoms. The van der Waals surface area contributed by atoms with Gasteiger partial charge in [-0.25, -0.2) is 4.39 Å². The molecule has 0 spiro atoms. The maximum absolute atomic E-state index is 13.3. The molecule has 2 aliphatic rings. The van der Waals surface area contributed by atoms with Gasteiger partial charge in [0.1, 0.15) is 11.6 Å². The van der Waals surface area contributed by atoms with Gasteiger partial charge in [0.05, 0.1) is 19.1 Å². The van der Waals surface area contributed by atoms with E-state index in [2.05, 4.69) is 27.2 Å². The molecule has 2 aromatic rings. The molecular weight excluding hydrogens is 409 g/mol. The van der Waals surface area contributed by atoms with Crippen molar-refractivity contribution in [2.45, 2.75) is 25.4 Å². The Balaban J connectivity index is 1.53. The van der Waals surface area contributed by atoms with E-state index in [0.717, 1.165) is 43.9 Å². The fourth-order valence-corrected chi connectivity index (χ4v) is 4.81. The number of benzene rings is 2. The van der Waals surface area contributed by atoms with Crippen molar-refractivity contribution >= 4 is 11.6 Å². The zero-order valence-electron chi connectivity index (χ0n) is 18.9. The van der Waals surface area contributed by atoms with Gasteiger partial charge < -0.3 is 19.7 Å². The van der Waals surface area contributed by atoms with Crippen LogP contribution in [0.4, 0.5) is 10.1 Å². The minimum atomic E-state index is -0.221. The number of hydrogen-bond acceptors (Lipinski definition) is 5. The number of carbonyl (C=O) groups is 1. The van der Waals surface area contributed by atoms with Crippen LogP contribution in [-0.4, -0.2) is 63.9 Å². The van der Waals surface area contributed by atoms with Crippen LogP contribution in [0, 0.1) is 11.7 Å². The standard InChI is InChI=1S/C25H32FN3O3/c1-31-13-3-10-27-25(30)22-14-19-6-9-21(32-2)15-23(19)29-12-11-28(17-24(22)29)16-18-4-7-20(26)8-5-18/h4-9,15,22,24H,3,10-14,16-17H2,1-2H3,(H,27,30)/t22-,24-/m1/s1. The molecule has 4 rings (SSSR count). The minimum Gasteiger partial charge on any atom is -0.497 e. The fraction of sp³-hybridized carbons (Fsp3) is 0.480. The molecule has 7 heteroatoms. The van der Waals surface area contributed by atoms with Gasteiger partial charge in [0.2, 0.25) is 5.91 Å². The lowest BCUT2D eigenvalue weighted by Crippen LogP contribution is -2.60. The Morgan fingerprint density at radius 2 is 1.97 bits per heavy atom. The van der Waals surface area contributed by atoms with Crippen LogP contribution in [0.15, 0.2) is 42.5 Å². The molecule has 1 fully saturated rings. The Bertz CT molecular complexity index is 921. The average molecular weight is 442 g/mol. The number of rotatable bonds is 8. The first-order valence-electron chi connectivity index (χ1n) is 11.3. The first kappa shape index (κ1) is 22.6. The molecule has 0 saturated carbocycles. The number of piperazine rings is 1. The number of fused-ring (bicyclic) bond motifs is 3. The summed E-state index contributed by atoms with van der Waals surface area (Å²) in [5.41, 5.74) is 3.43. The number of hydrogen-bond donors (Lipinski definition) is 1. The van der Waals surface area contributed by atoms with Crippen molar-refractivity contribution in [2.24, 2.45) is 5.92 Å². The molecule has 2 heterocycles. The summed E-state index contributed by atoms with van der Waals surface area (Å²) in [7, 11) is 3.35. The molecule has 0 aromatic heterocycles. The SMILES string of the molecule is COCCCNC(=O)[C@@H]1Cc2ccc(OC)cc2N2CCN(Cc3ccc(F)cc3)C[C@H]12. The van der Waals surface area contributed by atoms with Crippen molar-refractivity contribution in [2.75, 3.05) is 51.9 Å². The zero-order chi connectivity index (χ0) is 22.5. The lowest BCUT2D eigenvalue weighted by molar-refractivity contribution is -0.126. The summed E-state index contributed by atoms with van der Waals surface area (Å²) in [6, 6.07) is 12.9. The first-order chi connectivity index (χ1) is 15.6. The lowest BCUT2D eigenvalue weighted by atomic mass is 9.83. The second-order valence-electron chi connectivity index (χ2n) is 8.56. The third-order valence-corrected chi connectivity index (χ3v) is 6.49. The van der Waals surface area contributed by atoms with Crippen LogP contribution in [-0.2, 0) is 22.5 Å². The van der Waals surface area contributed by atoms with Gasteiger partial charge in [-0.05, 0) is 42.2 Å². The van der Waals surface area contributed by atoms with E-state index in [1.54, 1.807) is 14.2 Å².